The van der Waals surface area contributed by atoms with Crippen LogP contribution in [0.25, 0.3) is 0 Å². The summed E-state index contributed by atoms with van der Waals surface area (Å²) in [5, 5.41) is 26.4. The van der Waals surface area contributed by atoms with Crippen molar-refractivity contribution in [2.24, 2.45) is 5.10 Å². The molecular weight excluding hydrogens is 639 g/mol. The molecule has 0 saturated carbocycles. The number of benzene rings is 3. The van der Waals surface area contributed by atoms with E-state index in [2.05, 4.69) is 49.0 Å². The zero-order valence-electron chi connectivity index (χ0n) is 17.9. The van der Waals surface area contributed by atoms with E-state index >= 15 is 0 Å². The lowest BCUT2D eigenvalue weighted by Gasteiger charge is -2.14. The van der Waals surface area contributed by atoms with Gasteiger partial charge in [-0.05, 0) is 87.4 Å². The summed E-state index contributed by atoms with van der Waals surface area (Å²) in [5.74, 6) is -0.216. The maximum Gasteiger partial charge on any atom is 0.318 e. The number of hydrogen-bond acceptors (Lipinski definition) is 8. The molecule has 1 amide bonds. The van der Waals surface area contributed by atoms with Gasteiger partial charge in [-0.15, -0.1) is 0 Å². The van der Waals surface area contributed by atoms with Crippen LogP contribution in [0.2, 0.25) is 0 Å². The van der Waals surface area contributed by atoms with Crippen LogP contribution in [0.15, 0.2) is 64.2 Å². The molecular formula is C22H16BrIN4O7. The van der Waals surface area contributed by atoms with Crippen molar-refractivity contribution >= 4 is 62.0 Å². The van der Waals surface area contributed by atoms with Gasteiger partial charge in [0.25, 0.3) is 11.6 Å². The van der Waals surface area contributed by atoms with Crippen molar-refractivity contribution < 1.29 is 24.1 Å². The van der Waals surface area contributed by atoms with Gasteiger partial charge in [0.2, 0.25) is 5.75 Å². The van der Waals surface area contributed by atoms with Crippen molar-refractivity contribution in [1.82, 2.24) is 5.43 Å². The summed E-state index contributed by atoms with van der Waals surface area (Å²) < 4.78 is 12.6. The predicted molar refractivity (Wildman–Crippen MR) is 139 cm³/mol. The molecule has 0 spiro atoms. The number of hydrazone groups is 1. The lowest BCUT2D eigenvalue weighted by atomic mass is 10.2. The summed E-state index contributed by atoms with van der Waals surface area (Å²) in [6, 6.07) is 13.3. The molecule has 0 saturated heterocycles. The fourth-order valence-electron chi connectivity index (χ4n) is 2.84. The van der Waals surface area contributed by atoms with Gasteiger partial charge in [-0.1, -0.05) is 6.07 Å². The summed E-state index contributed by atoms with van der Waals surface area (Å²) >= 11 is 5.46. The van der Waals surface area contributed by atoms with Gasteiger partial charge in [0.15, 0.2) is 11.5 Å². The third-order valence-electron chi connectivity index (χ3n) is 4.36. The molecule has 0 unspecified atom stereocenters. The van der Waals surface area contributed by atoms with Gasteiger partial charge in [0, 0.05) is 15.2 Å². The molecule has 3 aromatic carbocycles. The highest BCUT2D eigenvalue weighted by Gasteiger charge is 2.23. The first-order valence-electron chi connectivity index (χ1n) is 9.85. The number of amides is 1. The van der Waals surface area contributed by atoms with Crippen molar-refractivity contribution in [2.45, 2.75) is 6.92 Å². The average Bonchev–Trinajstić information content (AvgIpc) is 2.81. The molecule has 13 heteroatoms. The number of nitro groups is 2. The molecule has 180 valence electrons. The molecule has 0 aliphatic carbocycles. The lowest BCUT2D eigenvalue weighted by Crippen LogP contribution is -2.17. The topological polar surface area (TPSA) is 146 Å². The first-order valence-corrected chi connectivity index (χ1v) is 11.7. The minimum absolute atomic E-state index is 0.129. The van der Waals surface area contributed by atoms with E-state index < -0.39 is 21.2 Å². The van der Waals surface area contributed by atoms with Gasteiger partial charge in [-0.25, -0.2) is 5.43 Å². The standard InChI is InChI=1S/C22H16BrIN4O7/c1-2-34-20-9-13(12-25-26-22(29)14-4-3-5-15(24)10-14)8-17(23)21(20)35-19-7-6-16(27(30)31)11-18(19)28(32)33/h3-12H,2H2,1H3,(H,26,29)/b25-12-. The molecule has 1 N–H and O–H groups in total. The first-order chi connectivity index (χ1) is 16.7. The fourth-order valence-corrected chi connectivity index (χ4v) is 3.93. The smallest absolute Gasteiger partial charge is 0.318 e. The number of carbonyl (C=O) groups is 1. The quantitative estimate of drug-likeness (QED) is 0.132. The van der Waals surface area contributed by atoms with Crippen LogP contribution in [0.1, 0.15) is 22.8 Å². The molecule has 0 fully saturated rings. The van der Waals surface area contributed by atoms with Crippen LogP contribution < -0.4 is 14.9 Å². The Bertz CT molecular complexity index is 1330. The Balaban J connectivity index is 1.87. The van der Waals surface area contributed by atoms with Crippen molar-refractivity contribution in [2.75, 3.05) is 6.61 Å². The number of nitro benzene ring substituents is 2. The van der Waals surface area contributed by atoms with Crippen LogP contribution in [0.5, 0.6) is 17.2 Å². The Morgan fingerprint density at radius 2 is 1.89 bits per heavy atom. The Labute approximate surface area is 220 Å². The minimum atomic E-state index is -0.770. The summed E-state index contributed by atoms with van der Waals surface area (Å²) in [7, 11) is 0. The highest BCUT2D eigenvalue weighted by Crippen LogP contribution is 2.42. The molecule has 35 heavy (non-hydrogen) atoms. The lowest BCUT2D eigenvalue weighted by molar-refractivity contribution is -0.394. The second kappa shape index (κ2) is 11.7. The maximum absolute atomic E-state index is 12.3. The number of carbonyl (C=O) groups excluding carboxylic acids is 1. The van der Waals surface area contributed by atoms with Crippen molar-refractivity contribution in [3.05, 3.63) is 94.0 Å². The second-order valence-corrected chi connectivity index (χ2v) is 8.84. The number of hydrogen-bond donors (Lipinski definition) is 1. The van der Waals surface area contributed by atoms with E-state index in [0.717, 1.165) is 21.8 Å². The number of nitrogens with one attached hydrogen (secondary N) is 1. The predicted octanol–water partition coefficient (Wildman–Crippen LogP) is 5.83. The van der Waals surface area contributed by atoms with Gasteiger partial charge < -0.3 is 9.47 Å². The van der Waals surface area contributed by atoms with Crippen LogP contribution in [0, 0.1) is 23.8 Å². The zero-order chi connectivity index (χ0) is 25.5. The Kier molecular flexibility index (Phi) is 8.70. The molecule has 0 radical (unpaired) electrons. The van der Waals surface area contributed by atoms with Gasteiger partial charge in [0.05, 0.1) is 33.2 Å². The second-order valence-electron chi connectivity index (χ2n) is 6.74. The van der Waals surface area contributed by atoms with Gasteiger partial charge in [-0.2, -0.15) is 5.10 Å². The van der Waals surface area contributed by atoms with Gasteiger partial charge >= 0.3 is 5.69 Å². The molecule has 3 aromatic rings. The summed E-state index contributed by atoms with van der Waals surface area (Å²) in [5.41, 5.74) is 2.43. The zero-order valence-corrected chi connectivity index (χ0v) is 21.7. The minimum Gasteiger partial charge on any atom is -0.490 e. The van der Waals surface area contributed by atoms with Crippen LogP contribution in [-0.2, 0) is 0 Å². The highest BCUT2D eigenvalue weighted by molar-refractivity contribution is 14.1. The van der Waals surface area contributed by atoms with E-state index in [0.29, 0.717) is 15.6 Å². The Morgan fingerprint density at radius 3 is 2.54 bits per heavy atom. The highest BCUT2D eigenvalue weighted by atomic mass is 127. The van der Waals surface area contributed by atoms with Crippen LogP contribution in [-0.4, -0.2) is 28.6 Å². The third-order valence-corrected chi connectivity index (χ3v) is 5.62. The van der Waals surface area contributed by atoms with Crippen LogP contribution >= 0.6 is 38.5 Å². The Hall–Kier alpha value is -3.59. The third kappa shape index (κ3) is 6.73. The van der Waals surface area contributed by atoms with Crippen molar-refractivity contribution in [1.29, 1.82) is 0 Å². The maximum atomic E-state index is 12.3. The van der Waals surface area contributed by atoms with Gasteiger partial charge in [-0.3, -0.25) is 25.0 Å². The van der Waals surface area contributed by atoms with Crippen molar-refractivity contribution in [3.63, 3.8) is 0 Å². The van der Waals surface area contributed by atoms with Crippen LogP contribution in [0.3, 0.4) is 0 Å². The van der Waals surface area contributed by atoms with E-state index in [1.165, 1.54) is 6.21 Å². The van der Waals surface area contributed by atoms with Crippen LogP contribution in [0.4, 0.5) is 11.4 Å². The van der Waals surface area contributed by atoms with E-state index in [1.54, 1.807) is 37.3 Å². The number of rotatable bonds is 9. The molecule has 0 bridgehead atoms. The SMILES string of the molecule is CCOc1cc(/C=N\NC(=O)c2cccc(I)c2)cc(Br)c1Oc1ccc([N+](=O)[O-])cc1[N+](=O)[O-]. The monoisotopic (exact) mass is 654 g/mol. The van der Waals surface area contributed by atoms with E-state index in [-0.39, 0.29) is 29.8 Å². The normalized spacial score (nSPS) is 10.7. The summed E-state index contributed by atoms with van der Waals surface area (Å²) in [6.07, 6.45) is 1.40. The van der Waals surface area contributed by atoms with E-state index in [9.17, 15) is 25.0 Å². The fraction of sp³-hybridized carbons (Fsp3) is 0.0909. The average molecular weight is 655 g/mol. The molecule has 0 aliphatic heterocycles. The molecule has 0 aliphatic rings. The molecule has 0 atom stereocenters. The summed E-state index contributed by atoms with van der Waals surface area (Å²) in [4.78, 5) is 33.2. The summed E-state index contributed by atoms with van der Waals surface area (Å²) in [6.45, 7) is 2.00. The molecule has 3 rings (SSSR count). The van der Waals surface area contributed by atoms with Crippen molar-refractivity contribution in [3.8, 4) is 17.2 Å². The van der Waals surface area contributed by atoms with E-state index in [1.807, 2.05) is 6.07 Å². The number of non-ortho nitro benzene ring substituents is 1. The molecule has 0 heterocycles. The van der Waals surface area contributed by atoms with E-state index in [4.69, 9.17) is 9.47 Å². The first kappa shape index (κ1) is 26.0. The number of nitrogens with zero attached hydrogens (tertiary/aromatic N) is 3. The van der Waals surface area contributed by atoms with Gasteiger partial charge in [0.1, 0.15) is 0 Å². The largest absolute Gasteiger partial charge is 0.490 e. The molecule has 0 aromatic heterocycles. The number of halogens is 2. The number of ether oxygens (including phenoxy) is 2. The Morgan fingerprint density at radius 1 is 1.11 bits per heavy atom. The molecule has 11 nitrogen and oxygen atoms in total.